The molecule has 1 heterocycles. The lowest BCUT2D eigenvalue weighted by Crippen LogP contribution is -2.05. The van der Waals surface area contributed by atoms with E-state index >= 15 is 0 Å². The van der Waals surface area contributed by atoms with Crippen LogP contribution in [0, 0.1) is 0 Å². The summed E-state index contributed by atoms with van der Waals surface area (Å²) < 4.78 is 5.77. The van der Waals surface area contributed by atoms with E-state index in [1.807, 2.05) is 30.3 Å². The molecule has 3 aromatic rings. The second-order valence-electron chi connectivity index (χ2n) is 4.11. The molecule has 1 N–H and O–H groups in total. The van der Waals surface area contributed by atoms with Gasteiger partial charge in [-0.15, -0.1) is 0 Å². The molecule has 90 valence electrons. The SMILES string of the molecule is CC(=O)Nc1cccc2c1oc1ccc(Cl)cc12. The highest BCUT2D eigenvalue weighted by atomic mass is 35.5. The van der Waals surface area contributed by atoms with Crippen LogP contribution in [0.5, 0.6) is 0 Å². The van der Waals surface area contributed by atoms with Crippen LogP contribution < -0.4 is 5.32 Å². The van der Waals surface area contributed by atoms with Crippen LogP contribution in [0.1, 0.15) is 6.92 Å². The van der Waals surface area contributed by atoms with Crippen LogP contribution >= 0.6 is 11.6 Å². The Labute approximate surface area is 108 Å². The zero-order valence-electron chi connectivity index (χ0n) is 9.66. The van der Waals surface area contributed by atoms with Crippen LogP contribution in [0.3, 0.4) is 0 Å². The summed E-state index contributed by atoms with van der Waals surface area (Å²) in [7, 11) is 0. The summed E-state index contributed by atoms with van der Waals surface area (Å²) in [4.78, 5) is 11.2. The van der Waals surface area contributed by atoms with Crippen molar-refractivity contribution in [3.63, 3.8) is 0 Å². The van der Waals surface area contributed by atoms with Gasteiger partial charge in [-0.2, -0.15) is 0 Å². The van der Waals surface area contributed by atoms with Gasteiger partial charge in [0.2, 0.25) is 5.91 Å². The van der Waals surface area contributed by atoms with E-state index in [0.717, 1.165) is 16.4 Å². The number of nitrogens with one attached hydrogen (secondary N) is 1. The maximum atomic E-state index is 11.2. The van der Waals surface area contributed by atoms with Gasteiger partial charge in [-0.3, -0.25) is 4.79 Å². The molecule has 0 unspecified atom stereocenters. The van der Waals surface area contributed by atoms with Gasteiger partial charge in [-0.1, -0.05) is 23.7 Å². The molecule has 0 aliphatic heterocycles. The van der Waals surface area contributed by atoms with Gasteiger partial charge in [0.15, 0.2) is 5.58 Å². The Morgan fingerprint density at radius 2 is 2.06 bits per heavy atom. The summed E-state index contributed by atoms with van der Waals surface area (Å²) >= 11 is 5.99. The highest BCUT2D eigenvalue weighted by Gasteiger charge is 2.11. The molecule has 1 amide bonds. The molecule has 3 rings (SSSR count). The number of anilines is 1. The normalized spacial score (nSPS) is 11.0. The number of hydrogen-bond donors (Lipinski definition) is 1. The number of para-hydroxylation sites is 1. The van der Waals surface area contributed by atoms with Gasteiger partial charge in [0.05, 0.1) is 5.69 Å². The van der Waals surface area contributed by atoms with E-state index in [-0.39, 0.29) is 5.91 Å². The molecule has 0 saturated heterocycles. The second-order valence-corrected chi connectivity index (χ2v) is 4.54. The van der Waals surface area contributed by atoms with Crippen LogP contribution in [-0.2, 0) is 4.79 Å². The predicted octanol–water partition coefficient (Wildman–Crippen LogP) is 4.20. The first-order valence-corrected chi connectivity index (χ1v) is 5.91. The van der Waals surface area contributed by atoms with Gasteiger partial charge in [0.25, 0.3) is 0 Å². The molecule has 0 bridgehead atoms. The van der Waals surface area contributed by atoms with E-state index in [2.05, 4.69) is 5.32 Å². The lowest BCUT2D eigenvalue weighted by Gasteiger charge is -2.01. The van der Waals surface area contributed by atoms with Crippen molar-refractivity contribution in [3.8, 4) is 0 Å². The molecule has 0 fully saturated rings. The Balaban J connectivity index is 2.35. The molecule has 0 spiro atoms. The van der Waals surface area contributed by atoms with Crippen LogP contribution in [-0.4, -0.2) is 5.91 Å². The van der Waals surface area contributed by atoms with Crippen molar-refractivity contribution in [3.05, 3.63) is 41.4 Å². The van der Waals surface area contributed by atoms with E-state index < -0.39 is 0 Å². The van der Waals surface area contributed by atoms with Gasteiger partial charge in [-0.25, -0.2) is 0 Å². The predicted molar refractivity (Wildman–Crippen MR) is 73.0 cm³/mol. The molecule has 18 heavy (non-hydrogen) atoms. The molecule has 0 aliphatic carbocycles. The van der Waals surface area contributed by atoms with E-state index in [9.17, 15) is 4.79 Å². The molecule has 2 aromatic carbocycles. The third kappa shape index (κ3) is 1.73. The van der Waals surface area contributed by atoms with Gasteiger partial charge in [-0.05, 0) is 24.3 Å². The monoisotopic (exact) mass is 259 g/mol. The highest BCUT2D eigenvalue weighted by Crippen LogP contribution is 2.34. The first-order valence-electron chi connectivity index (χ1n) is 5.53. The molecular formula is C14H10ClNO2. The fourth-order valence-corrected chi connectivity index (χ4v) is 2.23. The number of amides is 1. The zero-order valence-corrected chi connectivity index (χ0v) is 10.4. The fraction of sp³-hybridized carbons (Fsp3) is 0.0714. The minimum absolute atomic E-state index is 0.124. The average Bonchev–Trinajstić information content (AvgIpc) is 2.68. The number of furan rings is 1. The lowest BCUT2D eigenvalue weighted by atomic mass is 10.1. The van der Waals surface area contributed by atoms with E-state index in [0.29, 0.717) is 16.3 Å². The summed E-state index contributed by atoms with van der Waals surface area (Å²) in [5.74, 6) is -0.124. The minimum atomic E-state index is -0.124. The molecule has 4 heteroatoms. The lowest BCUT2D eigenvalue weighted by molar-refractivity contribution is -0.114. The third-order valence-corrected chi connectivity index (χ3v) is 3.00. The van der Waals surface area contributed by atoms with E-state index in [1.54, 1.807) is 6.07 Å². The Morgan fingerprint density at radius 3 is 2.83 bits per heavy atom. The standard InChI is InChI=1S/C14H10ClNO2/c1-8(17)16-12-4-2-3-10-11-7-9(15)5-6-13(11)18-14(10)12/h2-7H,1H3,(H,16,17). The first kappa shape index (κ1) is 11.1. The molecule has 0 atom stereocenters. The van der Waals surface area contributed by atoms with Crippen molar-refractivity contribution in [2.75, 3.05) is 5.32 Å². The second kappa shape index (κ2) is 4.03. The summed E-state index contributed by atoms with van der Waals surface area (Å²) in [5, 5.41) is 5.31. The van der Waals surface area contributed by atoms with Crippen LogP contribution in [0.4, 0.5) is 5.69 Å². The van der Waals surface area contributed by atoms with Gasteiger partial charge >= 0.3 is 0 Å². The summed E-state index contributed by atoms with van der Waals surface area (Å²) in [6, 6.07) is 11.1. The number of rotatable bonds is 1. The quantitative estimate of drug-likeness (QED) is 0.712. The van der Waals surface area contributed by atoms with Crippen molar-refractivity contribution in [1.29, 1.82) is 0 Å². The van der Waals surface area contributed by atoms with E-state index in [4.69, 9.17) is 16.0 Å². The highest BCUT2D eigenvalue weighted by molar-refractivity contribution is 6.31. The molecular weight excluding hydrogens is 250 g/mol. The van der Waals surface area contributed by atoms with Crippen molar-refractivity contribution in [1.82, 2.24) is 0 Å². The van der Waals surface area contributed by atoms with Crippen LogP contribution in [0.15, 0.2) is 40.8 Å². The Morgan fingerprint density at radius 1 is 1.22 bits per heavy atom. The molecule has 0 aliphatic rings. The Hall–Kier alpha value is -2.00. The van der Waals surface area contributed by atoms with Gasteiger partial charge in [0, 0.05) is 22.7 Å². The van der Waals surface area contributed by atoms with Gasteiger partial charge < -0.3 is 9.73 Å². The van der Waals surface area contributed by atoms with E-state index in [1.165, 1.54) is 6.92 Å². The Kier molecular flexibility index (Phi) is 2.49. The summed E-state index contributed by atoms with van der Waals surface area (Å²) in [5.41, 5.74) is 2.10. The Bertz CT molecular complexity index is 761. The first-order chi connectivity index (χ1) is 8.65. The maximum absolute atomic E-state index is 11.2. The maximum Gasteiger partial charge on any atom is 0.221 e. The average molecular weight is 260 g/mol. The number of carbonyl (C=O) groups excluding carboxylic acids is 1. The van der Waals surface area contributed by atoms with Crippen molar-refractivity contribution in [2.45, 2.75) is 6.92 Å². The minimum Gasteiger partial charge on any atom is -0.454 e. The number of halogens is 1. The largest absolute Gasteiger partial charge is 0.454 e. The van der Waals surface area contributed by atoms with Crippen LogP contribution in [0.2, 0.25) is 5.02 Å². The number of hydrogen-bond acceptors (Lipinski definition) is 2. The summed E-state index contributed by atoms with van der Waals surface area (Å²) in [6.07, 6.45) is 0. The molecule has 1 aromatic heterocycles. The third-order valence-electron chi connectivity index (χ3n) is 2.77. The molecule has 3 nitrogen and oxygen atoms in total. The zero-order chi connectivity index (χ0) is 12.7. The van der Waals surface area contributed by atoms with Crippen molar-refractivity contribution < 1.29 is 9.21 Å². The molecule has 0 saturated carbocycles. The van der Waals surface area contributed by atoms with Gasteiger partial charge in [0.1, 0.15) is 5.58 Å². The number of benzene rings is 2. The number of fused-ring (bicyclic) bond motifs is 3. The van der Waals surface area contributed by atoms with Crippen molar-refractivity contribution >= 4 is 45.1 Å². The fourth-order valence-electron chi connectivity index (χ4n) is 2.06. The number of carbonyl (C=O) groups is 1. The van der Waals surface area contributed by atoms with Crippen molar-refractivity contribution in [2.24, 2.45) is 0 Å². The summed E-state index contributed by atoms with van der Waals surface area (Å²) in [6.45, 7) is 1.47. The van der Waals surface area contributed by atoms with Crippen LogP contribution in [0.25, 0.3) is 21.9 Å². The smallest absolute Gasteiger partial charge is 0.221 e. The topological polar surface area (TPSA) is 42.2 Å². The molecule has 0 radical (unpaired) electrons.